The van der Waals surface area contributed by atoms with E-state index in [0.717, 1.165) is 24.8 Å². The lowest BCUT2D eigenvalue weighted by molar-refractivity contribution is -0.142. The first-order valence-electron chi connectivity index (χ1n) is 15.0. The number of fused-ring (bicyclic) bond motifs is 1. The maximum Gasteiger partial charge on any atom is 0.246 e. The largest absolute Gasteiger partial charge is 0.494 e. The van der Waals surface area contributed by atoms with Crippen LogP contribution in [0.1, 0.15) is 45.6 Å². The minimum Gasteiger partial charge on any atom is -0.494 e. The molecule has 0 aromatic heterocycles. The lowest BCUT2D eigenvalue weighted by Crippen LogP contribution is -2.57. The van der Waals surface area contributed by atoms with Gasteiger partial charge in [-0.25, -0.2) is 0 Å². The highest BCUT2D eigenvalue weighted by Gasteiger charge is 2.72. The van der Waals surface area contributed by atoms with Gasteiger partial charge < -0.3 is 25.0 Å². The third-order valence-electron chi connectivity index (χ3n) is 9.68. The average Bonchev–Trinajstić information content (AvgIpc) is 3.61. The van der Waals surface area contributed by atoms with Crippen molar-refractivity contribution < 1.29 is 23.9 Å². The molecule has 2 aromatic carbocycles. The fraction of sp³-hybridized carbons (Fsp3) is 0.485. The number of carbonyl (C=O) groups is 3. The molecule has 4 aliphatic rings. The van der Waals surface area contributed by atoms with Gasteiger partial charge in [0.05, 0.1) is 31.1 Å². The van der Waals surface area contributed by atoms with Crippen LogP contribution in [-0.4, -0.2) is 53.0 Å². The van der Waals surface area contributed by atoms with Gasteiger partial charge in [0, 0.05) is 22.3 Å². The second-order valence-electron chi connectivity index (χ2n) is 12.1. The Morgan fingerprint density at radius 1 is 1.10 bits per heavy atom. The Balaban J connectivity index is 1.34. The maximum absolute atomic E-state index is 14.4. The molecule has 3 fully saturated rings. The van der Waals surface area contributed by atoms with Crippen LogP contribution in [0.5, 0.6) is 5.75 Å². The Hall–Kier alpha value is -3.36. The lowest BCUT2D eigenvalue weighted by Gasteiger charge is -2.38. The number of para-hydroxylation sites is 1. The highest BCUT2D eigenvalue weighted by molar-refractivity contribution is 6.30. The molecule has 1 saturated carbocycles. The molecule has 6 rings (SSSR count). The molecule has 2 aromatic rings. The molecule has 0 radical (unpaired) electrons. The fourth-order valence-electron chi connectivity index (χ4n) is 7.36. The van der Waals surface area contributed by atoms with Crippen LogP contribution in [0, 0.1) is 23.7 Å². The van der Waals surface area contributed by atoms with Crippen molar-refractivity contribution in [1.29, 1.82) is 0 Å². The number of nitrogens with one attached hydrogen (secondary N) is 2. The average molecular weight is 592 g/mol. The molecule has 1 spiro atoms. The first-order chi connectivity index (χ1) is 20.2. The number of anilines is 1. The molecule has 3 heterocycles. The maximum atomic E-state index is 14.4. The van der Waals surface area contributed by atoms with E-state index < -0.39 is 29.6 Å². The Bertz CT molecular complexity index is 1400. The number of carbonyl (C=O) groups excluding carboxylic acids is 3. The van der Waals surface area contributed by atoms with E-state index in [2.05, 4.69) is 24.5 Å². The van der Waals surface area contributed by atoms with Gasteiger partial charge in [-0.15, -0.1) is 0 Å². The van der Waals surface area contributed by atoms with Crippen LogP contribution in [0.15, 0.2) is 60.7 Å². The lowest BCUT2D eigenvalue weighted by atomic mass is 9.73. The monoisotopic (exact) mass is 591 g/mol. The smallest absolute Gasteiger partial charge is 0.246 e. The van der Waals surface area contributed by atoms with E-state index in [1.54, 1.807) is 29.2 Å². The number of amides is 3. The van der Waals surface area contributed by atoms with Crippen LogP contribution in [0.2, 0.25) is 5.02 Å². The molecule has 222 valence electrons. The molecule has 2 N–H and O–H groups in total. The summed E-state index contributed by atoms with van der Waals surface area (Å²) in [6, 6.07) is 13.5. The van der Waals surface area contributed by atoms with E-state index in [4.69, 9.17) is 21.1 Å². The summed E-state index contributed by atoms with van der Waals surface area (Å²) in [7, 11) is 0. The zero-order chi connectivity index (χ0) is 29.6. The van der Waals surface area contributed by atoms with E-state index >= 15 is 0 Å². The summed E-state index contributed by atoms with van der Waals surface area (Å²) in [4.78, 5) is 44.0. The highest BCUT2D eigenvalue weighted by atomic mass is 35.5. The van der Waals surface area contributed by atoms with Gasteiger partial charge >= 0.3 is 0 Å². The summed E-state index contributed by atoms with van der Waals surface area (Å²) in [6.07, 6.45) is 6.15. The van der Waals surface area contributed by atoms with Crippen LogP contribution in [0.3, 0.4) is 0 Å². The van der Waals surface area contributed by atoms with Gasteiger partial charge in [0.2, 0.25) is 17.7 Å². The molecular formula is C33H38ClN3O5. The second kappa shape index (κ2) is 11.4. The van der Waals surface area contributed by atoms with Crippen molar-refractivity contribution in [3.63, 3.8) is 0 Å². The Morgan fingerprint density at radius 3 is 2.62 bits per heavy atom. The van der Waals surface area contributed by atoms with Gasteiger partial charge in [-0.1, -0.05) is 68.6 Å². The van der Waals surface area contributed by atoms with Gasteiger partial charge in [-0.2, -0.15) is 0 Å². The Kier molecular flexibility index (Phi) is 7.79. The second-order valence-corrected chi connectivity index (χ2v) is 12.5. The number of ether oxygens (including phenoxy) is 2. The third-order valence-corrected chi connectivity index (χ3v) is 9.94. The number of benzene rings is 2. The molecule has 2 saturated heterocycles. The van der Waals surface area contributed by atoms with Crippen molar-refractivity contribution >= 4 is 35.0 Å². The quantitative estimate of drug-likeness (QED) is 0.423. The van der Waals surface area contributed by atoms with Gasteiger partial charge in [0.1, 0.15) is 17.4 Å². The van der Waals surface area contributed by atoms with Crippen molar-refractivity contribution in [2.24, 2.45) is 23.7 Å². The summed E-state index contributed by atoms with van der Waals surface area (Å²) in [6.45, 7) is 6.95. The molecule has 9 heteroatoms. The number of likely N-dealkylation sites (tertiary alicyclic amines) is 1. The van der Waals surface area contributed by atoms with Gasteiger partial charge in [-0.3, -0.25) is 14.4 Å². The summed E-state index contributed by atoms with van der Waals surface area (Å²) < 4.78 is 12.4. The summed E-state index contributed by atoms with van der Waals surface area (Å²) in [5.41, 5.74) is 0.132. The molecule has 3 aliphatic heterocycles. The molecule has 8 nitrogen and oxygen atoms in total. The summed E-state index contributed by atoms with van der Waals surface area (Å²) in [5, 5.41) is 6.80. The van der Waals surface area contributed by atoms with E-state index in [0.29, 0.717) is 34.9 Å². The van der Waals surface area contributed by atoms with E-state index in [-0.39, 0.29) is 30.3 Å². The van der Waals surface area contributed by atoms with Crippen LogP contribution in [-0.2, 0) is 25.7 Å². The highest BCUT2D eigenvalue weighted by Crippen LogP contribution is 2.55. The molecule has 42 heavy (non-hydrogen) atoms. The SMILES string of the molecule is CCOc1ccccc1CN1C(=O)[C@@H]2C(C(=O)Nc3ccc(Cl)cc3)[C@@H]3C=CC2(O3)C1C(=O)NC1CCCC(C)C1C. The molecule has 6 unspecified atom stereocenters. The van der Waals surface area contributed by atoms with E-state index in [1.165, 1.54) is 0 Å². The zero-order valence-electron chi connectivity index (χ0n) is 24.2. The van der Waals surface area contributed by atoms with Gasteiger partial charge in [0.15, 0.2) is 0 Å². The molecular weight excluding hydrogens is 554 g/mol. The summed E-state index contributed by atoms with van der Waals surface area (Å²) >= 11 is 6.03. The van der Waals surface area contributed by atoms with Crippen LogP contribution < -0.4 is 15.4 Å². The standard InChI is InChI=1S/C33H38ClN3O5/c1-4-41-25-11-6-5-9-21(25)18-37-29(31(39)36-24-10-7-8-19(2)20(24)3)33-17-16-26(42-33)27(28(33)32(37)40)30(38)35-23-14-12-22(34)13-15-23/h5-6,9,11-17,19-20,24,26-29H,4,7-8,10,18H2,1-3H3,(H,35,38)(H,36,39)/t19?,20?,24?,26-,27?,28-,29?,33?/m0/s1. The predicted molar refractivity (Wildman–Crippen MR) is 160 cm³/mol. The van der Waals surface area contributed by atoms with Crippen LogP contribution >= 0.6 is 11.6 Å². The van der Waals surface area contributed by atoms with Crippen molar-refractivity contribution in [3.8, 4) is 5.75 Å². The zero-order valence-corrected chi connectivity index (χ0v) is 25.0. The van der Waals surface area contributed by atoms with Crippen molar-refractivity contribution in [3.05, 3.63) is 71.3 Å². The Morgan fingerprint density at radius 2 is 1.86 bits per heavy atom. The van der Waals surface area contributed by atoms with Crippen molar-refractivity contribution in [2.75, 3.05) is 11.9 Å². The molecule has 8 atom stereocenters. The van der Waals surface area contributed by atoms with E-state index in [9.17, 15) is 14.4 Å². The minimum atomic E-state index is -1.24. The fourth-order valence-corrected chi connectivity index (χ4v) is 7.48. The van der Waals surface area contributed by atoms with Crippen molar-refractivity contribution in [1.82, 2.24) is 10.2 Å². The predicted octanol–water partition coefficient (Wildman–Crippen LogP) is 4.97. The minimum absolute atomic E-state index is 0.0101. The number of rotatable bonds is 8. The Labute approximate surface area is 251 Å². The van der Waals surface area contributed by atoms with Gasteiger partial charge in [0.25, 0.3) is 0 Å². The first-order valence-corrected chi connectivity index (χ1v) is 15.4. The molecule has 1 aliphatic carbocycles. The first kappa shape index (κ1) is 28.7. The van der Waals surface area contributed by atoms with E-state index in [1.807, 2.05) is 43.3 Å². The number of nitrogens with zero attached hydrogens (tertiary/aromatic N) is 1. The molecule has 3 amide bonds. The van der Waals surface area contributed by atoms with Crippen molar-refractivity contribution in [2.45, 2.75) is 70.4 Å². The summed E-state index contributed by atoms with van der Waals surface area (Å²) in [5.74, 6) is -0.981. The number of hydrogen-bond acceptors (Lipinski definition) is 5. The number of halogens is 1. The van der Waals surface area contributed by atoms with Gasteiger partial charge in [-0.05, 0) is 55.5 Å². The van der Waals surface area contributed by atoms with Crippen LogP contribution in [0.4, 0.5) is 5.69 Å². The van der Waals surface area contributed by atoms with Crippen LogP contribution in [0.25, 0.3) is 0 Å². The normalized spacial score (nSPS) is 33.0. The topological polar surface area (TPSA) is 97.0 Å². The number of hydrogen-bond donors (Lipinski definition) is 2. The third kappa shape index (κ3) is 4.88. The molecule has 2 bridgehead atoms.